The van der Waals surface area contributed by atoms with Crippen molar-refractivity contribution in [1.82, 2.24) is 4.31 Å². The Morgan fingerprint density at radius 2 is 1.72 bits per heavy atom. The van der Waals surface area contributed by atoms with Crippen LogP contribution in [0.3, 0.4) is 0 Å². The Hall–Kier alpha value is -2.49. The van der Waals surface area contributed by atoms with Crippen molar-refractivity contribution in [3.05, 3.63) is 51.9 Å². The van der Waals surface area contributed by atoms with Gasteiger partial charge in [0.25, 0.3) is 5.91 Å². The Labute approximate surface area is 175 Å². The van der Waals surface area contributed by atoms with Crippen molar-refractivity contribution in [2.45, 2.75) is 32.6 Å². The first-order chi connectivity index (χ1) is 13.6. The zero-order valence-electron chi connectivity index (χ0n) is 16.9. The molecule has 0 fully saturated rings. The number of nitrogens with one attached hydrogen (secondary N) is 1. The highest BCUT2D eigenvalue weighted by atomic mass is 32.2. The maximum Gasteiger partial charge on any atom is 0.251 e. The lowest BCUT2D eigenvalue weighted by Crippen LogP contribution is -2.30. The number of thiophene rings is 1. The van der Waals surface area contributed by atoms with Crippen LogP contribution in [-0.4, -0.2) is 37.6 Å². The normalized spacial score (nSPS) is 11.9. The molecule has 1 heterocycles. The number of hydrogen-bond donors (Lipinski definition) is 2. The smallest absolute Gasteiger partial charge is 0.251 e. The monoisotopic (exact) mass is 435 g/mol. The quantitative estimate of drug-likeness (QED) is 0.621. The van der Waals surface area contributed by atoms with Crippen LogP contribution in [0.2, 0.25) is 0 Å². The maximum absolute atomic E-state index is 12.5. The van der Waals surface area contributed by atoms with Crippen LogP contribution in [0, 0.1) is 13.8 Å². The van der Waals surface area contributed by atoms with E-state index in [0.29, 0.717) is 29.2 Å². The number of primary amides is 1. The molecule has 0 saturated carbocycles. The number of benzene rings is 1. The molecule has 3 N–H and O–H groups in total. The molecule has 29 heavy (non-hydrogen) atoms. The topological polar surface area (TPSA) is 110 Å². The average Bonchev–Trinajstić information content (AvgIpc) is 2.94. The summed E-state index contributed by atoms with van der Waals surface area (Å²) in [7, 11) is -3.52. The molecule has 156 valence electrons. The molecule has 0 saturated heterocycles. The zero-order chi connectivity index (χ0) is 21.8. The molecule has 1 aromatic carbocycles. The molecule has 0 unspecified atom stereocenters. The highest BCUT2D eigenvalue weighted by Gasteiger charge is 2.21. The molecule has 0 atom stereocenters. The van der Waals surface area contributed by atoms with Crippen LogP contribution in [0.1, 0.15) is 40.2 Å². The van der Waals surface area contributed by atoms with Gasteiger partial charge in [-0.05, 0) is 43.2 Å². The molecule has 2 aromatic rings. The van der Waals surface area contributed by atoms with Crippen molar-refractivity contribution in [3.8, 4) is 0 Å². The van der Waals surface area contributed by atoms with Crippen LogP contribution in [0.5, 0.6) is 0 Å². The van der Waals surface area contributed by atoms with Crippen LogP contribution in [0.15, 0.2) is 35.2 Å². The van der Waals surface area contributed by atoms with E-state index in [0.717, 1.165) is 10.4 Å². The van der Waals surface area contributed by atoms with Gasteiger partial charge in [-0.25, -0.2) is 8.42 Å². The van der Waals surface area contributed by atoms with Gasteiger partial charge in [-0.2, -0.15) is 4.31 Å². The molecule has 0 radical (unpaired) electrons. The first-order valence-electron chi connectivity index (χ1n) is 9.10. The summed E-state index contributed by atoms with van der Waals surface area (Å²) in [6.45, 7) is 8.01. The van der Waals surface area contributed by atoms with Crippen LogP contribution in [0.25, 0.3) is 6.08 Å². The molecule has 0 bridgehead atoms. The predicted molar refractivity (Wildman–Crippen MR) is 117 cm³/mol. The van der Waals surface area contributed by atoms with Crippen LogP contribution >= 0.6 is 11.3 Å². The Bertz CT molecular complexity index is 1030. The molecule has 0 aliphatic heterocycles. The number of sulfonamides is 1. The highest BCUT2D eigenvalue weighted by Crippen LogP contribution is 2.32. The summed E-state index contributed by atoms with van der Waals surface area (Å²) in [5, 5.41) is 3.10. The molecular weight excluding hydrogens is 410 g/mol. The van der Waals surface area contributed by atoms with E-state index in [1.54, 1.807) is 39.0 Å². The Morgan fingerprint density at radius 1 is 1.14 bits per heavy atom. The van der Waals surface area contributed by atoms with E-state index < -0.39 is 21.8 Å². The summed E-state index contributed by atoms with van der Waals surface area (Å²) in [4.78, 5) is 25.0. The van der Waals surface area contributed by atoms with Gasteiger partial charge in [-0.15, -0.1) is 11.3 Å². The van der Waals surface area contributed by atoms with Crippen molar-refractivity contribution in [2.24, 2.45) is 5.73 Å². The number of anilines is 1. The average molecular weight is 436 g/mol. The molecule has 1 aromatic heterocycles. The van der Waals surface area contributed by atoms with Crippen molar-refractivity contribution < 1.29 is 18.0 Å². The summed E-state index contributed by atoms with van der Waals surface area (Å²) < 4.78 is 26.4. The number of carbonyl (C=O) groups is 2. The van der Waals surface area contributed by atoms with Crippen LogP contribution in [0.4, 0.5) is 5.00 Å². The number of amides is 2. The number of hydrogen-bond acceptors (Lipinski definition) is 5. The van der Waals surface area contributed by atoms with Gasteiger partial charge in [0.2, 0.25) is 15.9 Å². The lowest BCUT2D eigenvalue weighted by molar-refractivity contribution is -0.111. The van der Waals surface area contributed by atoms with E-state index in [-0.39, 0.29) is 4.90 Å². The number of nitrogens with zero attached hydrogens (tertiary/aromatic N) is 1. The number of rotatable bonds is 8. The van der Waals surface area contributed by atoms with Gasteiger partial charge in [0.15, 0.2) is 0 Å². The first-order valence-corrected chi connectivity index (χ1v) is 11.4. The van der Waals surface area contributed by atoms with E-state index in [1.165, 1.54) is 33.9 Å². The molecule has 7 nitrogen and oxygen atoms in total. The predicted octanol–water partition coefficient (Wildman–Crippen LogP) is 3.15. The molecule has 9 heteroatoms. The summed E-state index contributed by atoms with van der Waals surface area (Å²) in [6.07, 6.45) is 2.89. The van der Waals surface area contributed by atoms with E-state index in [1.807, 2.05) is 6.92 Å². The lowest BCUT2D eigenvalue weighted by Gasteiger charge is -2.18. The molecular formula is C20H25N3O4S2. The zero-order valence-corrected chi connectivity index (χ0v) is 18.5. The molecule has 0 spiro atoms. The van der Waals surface area contributed by atoms with Gasteiger partial charge in [-0.1, -0.05) is 26.0 Å². The minimum atomic E-state index is -3.52. The van der Waals surface area contributed by atoms with E-state index in [4.69, 9.17) is 5.73 Å². The van der Waals surface area contributed by atoms with Crippen molar-refractivity contribution in [2.75, 3.05) is 18.4 Å². The van der Waals surface area contributed by atoms with Gasteiger partial charge in [0, 0.05) is 24.0 Å². The van der Waals surface area contributed by atoms with E-state index >= 15 is 0 Å². The second-order valence-electron chi connectivity index (χ2n) is 6.33. The van der Waals surface area contributed by atoms with E-state index in [2.05, 4.69) is 5.32 Å². The SMILES string of the molecule is CCN(CC)S(=O)(=O)c1ccc(C=CC(=O)Nc2sc(C)c(C)c2C(N)=O)cc1. The minimum absolute atomic E-state index is 0.207. The fraction of sp³-hybridized carbons (Fsp3) is 0.300. The van der Waals surface area contributed by atoms with Gasteiger partial charge in [0.05, 0.1) is 10.5 Å². The summed E-state index contributed by atoms with van der Waals surface area (Å²) in [6, 6.07) is 6.30. The first kappa shape index (κ1) is 22.8. The fourth-order valence-electron chi connectivity index (χ4n) is 2.80. The second kappa shape index (κ2) is 9.34. The van der Waals surface area contributed by atoms with Crippen LogP contribution < -0.4 is 11.1 Å². The molecule has 2 amide bonds. The Morgan fingerprint density at radius 3 is 2.24 bits per heavy atom. The van der Waals surface area contributed by atoms with Crippen molar-refractivity contribution in [3.63, 3.8) is 0 Å². The van der Waals surface area contributed by atoms with Gasteiger partial charge >= 0.3 is 0 Å². The molecule has 2 rings (SSSR count). The third-order valence-corrected chi connectivity index (χ3v) is 7.71. The van der Waals surface area contributed by atoms with Gasteiger partial charge in [0.1, 0.15) is 5.00 Å². The largest absolute Gasteiger partial charge is 0.365 e. The molecule has 0 aliphatic carbocycles. The summed E-state index contributed by atoms with van der Waals surface area (Å²) >= 11 is 1.29. The van der Waals surface area contributed by atoms with Crippen LogP contribution in [-0.2, 0) is 14.8 Å². The number of carbonyl (C=O) groups excluding carboxylic acids is 2. The Kier molecular flexibility index (Phi) is 7.34. The van der Waals surface area contributed by atoms with Gasteiger partial charge in [-0.3, -0.25) is 9.59 Å². The third-order valence-electron chi connectivity index (χ3n) is 4.52. The minimum Gasteiger partial charge on any atom is -0.365 e. The third kappa shape index (κ3) is 5.11. The highest BCUT2D eigenvalue weighted by molar-refractivity contribution is 7.89. The Balaban J connectivity index is 2.14. The maximum atomic E-state index is 12.5. The van der Waals surface area contributed by atoms with Crippen molar-refractivity contribution >= 4 is 44.3 Å². The standard InChI is InChI=1S/C20H25N3O4S2/c1-5-23(6-2)29(26,27)16-10-7-15(8-11-16)9-12-17(24)22-20-18(19(21)25)13(3)14(4)28-20/h7-12H,5-6H2,1-4H3,(H2,21,25)(H,22,24). The second-order valence-corrected chi connectivity index (χ2v) is 9.50. The van der Waals surface area contributed by atoms with Crippen molar-refractivity contribution in [1.29, 1.82) is 0 Å². The van der Waals surface area contributed by atoms with E-state index in [9.17, 15) is 18.0 Å². The number of nitrogens with two attached hydrogens (primary N) is 1. The number of aryl methyl sites for hydroxylation is 1. The summed E-state index contributed by atoms with van der Waals surface area (Å²) in [5.74, 6) is -0.996. The lowest BCUT2D eigenvalue weighted by atomic mass is 10.1. The fourth-order valence-corrected chi connectivity index (χ4v) is 5.33. The molecule has 0 aliphatic rings. The summed E-state index contributed by atoms with van der Waals surface area (Å²) in [5.41, 5.74) is 7.16. The van der Waals surface area contributed by atoms with Gasteiger partial charge < -0.3 is 11.1 Å².